The topological polar surface area (TPSA) is 206 Å². The predicted molar refractivity (Wildman–Crippen MR) is 307 cm³/mol. The van der Waals surface area contributed by atoms with Crippen LogP contribution in [0.5, 0.6) is 17.4 Å². The van der Waals surface area contributed by atoms with E-state index in [1.165, 1.54) is 24.3 Å². The van der Waals surface area contributed by atoms with Gasteiger partial charge >= 0.3 is 0 Å². The van der Waals surface area contributed by atoms with E-state index in [0.29, 0.717) is 92.6 Å². The van der Waals surface area contributed by atoms with Crippen LogP contribution in [0.1, 0.15) is 98.8 Å². The van der Waals surface area contributed by atoms with Crippen LogP contribution in [-0.4, -0.2) is 136 Å². The number of aromatic amines is 1. The fourth-order valence-electron chi connectivity index (χ4n) is 14.0. The van der Waals surface area contributed by atoms with Gasteiger partial charge in [-0.15, -0.1) is 0 Å². The molecule has 6 aromatic rings. The summed E-state index contributed by atoms with van der Waals surface area (Å²) in [6, 6.07) is 23.6. The molecule has 0 radical (unpaired) electrons. The molecule has 438 valence electrons. The Morgan fingerprint density at radius 1 is 0.880 bits per heavy atom. The standard InChI is InChI=1S/C61H69F2N9O10S/c1-37(2)81-55-6-4-3-5-43(55)54-35-69(49-15-26-80-56-31-47(63)46(62)30-45(49)56)21-22-70(54)41-32-61(33-41)16-19-68(20-17-61)40-7-9-44(51(28-40)71-50-14-25-79-36-57(50)82-60-53(71)27-39-11-18-64-58(39)66-60)59(73)67-83(76,77)42-8-10-48(52(29-42)72(74)75)65-34-38-12-23-78-24-13-38/h3-11,18,27-31,37-38,41,49-50,54,57,65H,12-17,19-26,32-36H2,1-2H3,(H,64,66)(H,67,73)/t49-,50-,54+,57-/m0/s1. The number of nitrogens with zero attached hydrogens (tertiary/aromatic N) is 6. The summed E-state index contributed by atoms with van der Waals surface area (Å²) in [5.41, 5.74) is 4.32. The number of halogens is 2. The average Bonchev–Trinajstić information content (AvgIpc) is 3.73. The van der Waals surface area contributed by atoms with Gasteiger partial charge in [0.1, 0.15) is 34.6 Å². The highest BCUT2D eigenvalue weighted by Gasteiger charge is 2.51. The van der Waals surface area contributed by atoms with E-state index >= 15 is 0 Å². The van der Waals surface area contributed by atoms with Crippen LogP contribution >= 0.6 is 0 Å². The van der Waals surface area contributed by atoms with Gasteiger partial charge in [0.2, 0.25) is 5.88 Å². The lowest BCUT2D eigenvalue weighted by atomic mass is 9.59. The van der Waals surface area contributed by atoms with Crippen molar-refractivity contribution in [1.82, 2.24) is 24.5 Å². The van der Waals surface area contributed by atoms with E-state index in [9.17, 15) is 32.1 Å². The number of fused-ring (bicyclic) bond motifs is 4. The molecule has 3 N–H and O–H groups in total. The van der Waals surface area contributed by atoms with E-state index < -0.39 is 49.2 Å². The Bertz CT molecular complexity index is 3550. The first kappa shape index (κ1) is 55.1. The van der Waals surface area contributed by atoms with Gasteiger partial charge in [0, 0.05) is 118 Å². The molecular formula is C61H69F2N9O10S. The number of hydrogen-bond donors (Lipinski definition) is 3. The fourth-order valence-corrected chi connectivity index (χ4v) is 15.0. The van der Waals surface area contributed by atoms with Crippen LogP contribution < -0.4 is 34.0 Å². The van der Waals surface area contributed by atoms with Gasteiger partial charge in [-0.05, 0) is 125 Å². The molecule has 0 bridgehead atoms. The monoisotopic (exact) mass is 1160 g/mol. The normalized spacial score (nSPS) is 23.1. The second-order valence-electron chi connectivity index (χ2n) is 23.7. The minimum atomic E-state index is -4.65. The van der Waals surface area contributed by atoms with Crippen LogP contribution in [0.3, 0.4) is 0 Å². The molecule has 19 nitrogen and oxygen atoms in total. The summed E-state index contributed by atoms with van der Waals surface area (Å²) in [6.45, 7) is 10.6. The van der Waals surface area contributed by atoms with E-state index in [-0.39, 0.29) is 53.4 Å². The summed E-state index contributed by atoms with van der Waals surface area (Å²) in [7, 11) is -4.65. The summed E-state index contributed by atoms with van der Waals surface area (Å²) in [4.78, 5) is 43.7. The Hall–Kier alpha value is -7.11. The second-order valence-corrected chi connectivity index (χ2v) is 25.3. The molecule has 1 saturated carbocycles. The lowest BCUT2D eigenvalue weighted by molar-refractivity contribution is -0.384. The molecule has 0 unspecified atom stereocenters. The van der Waals surface area contributed by atoms with E-state index in [2.05, 4.69) is 46.8 Å². The van der Waals surface area contributed by atoms with E-state index in [0.717, 1.165) is 93.2 Å². The Morgan fingerprint density at radius 2 is 1.67 bits per heavy atom. The number of H-pyrrole nitrogens is 1. The summed E-state index contributed by atoms with van der Waals surface area (Å²) in [5.74, 6) is -0.853. The van der Waals surface area contributed by atoms with Crippen LogP contribution in [0.25, 0.3) is 11.0 Å². The zero-order valence-electron chi connectivity index (χ0n) is 46.6. The summed E-state index contributed by atoms with van der Waals surface area (Å²) in [6.07, 6.45) is 8.03. The number of nitrogens with one attached hydrogen (secondary N) is 3. The van der Waals surface area contributed by atoms with Crippen LogP contribution in [0.2, 0.25) is 0 Å². The summed E-state index contributed by atoms with van der Waals surface area (Å²) < 4.78 is 90.3. The molecule has 1 aliphatic carbocycles. The quantitative estimate of drug-likeness (QED) is 0.0685. The van der Waals surface area contributed by atoms with Gasteiger partial charge < -0.3 is 43.8 Å². The SMILES string of the molecule is CC(C)Oc1ccccc1[C@H]1CN([C@H]2CCOc3cc(F)c(F)cc32)CCN1C1CC2(CCN(c3ccc(C(=O)NS(=O)(=O)c4ccc(NCC5CCOCC5)c([N+](=O)[O-])c4)c(N4c5cc6cc[nH]c6nc5O[C@H]5COCC[C@@H]54)c3)CC2)C1. The maximum absolute atomic E-state index is 14.8. The molecule has 22 heteroatoms. The largest absolute Gasteiger partial charge is 0.493 e. The zero-order chi connectivity index (χ0) is 57.1. The Morgan fingerprint density at radius 3 is 2.48 bits per heavy atom. The average molecular weight is 1160 g/mol. The molecule has 6 aliphatic heterocycles. The van der Waals surface area contributed by atoms with Crippen LogP contribution in [0.15, 0.2) is 96.0 Å². The van der Waals surface area contributed by atoms with Crippen molar-refractivity contribution in [3.8, 4) is 17.4 Å². The van der Waals surface area contributed by atoms with Crippen LogP contribution in [0, 0.1) is 33.1 Å². The van der Waals surface area contributed by atoms with Crippen LogP contribution in [0.4, 0.5) is 37.2 Å². The van der Waals surface area contributed by atoms with Crippen molar-refractivity contribution >= 4 is 55.4 Å². The summed E-state index contributed by atoms with van der Waals surface area (Å²) in [5, 5.41) is 16.4. The fraction of sp³-hybridized carbons (Fsp3) is 0.475. The van der Waals surface area contributed by atoms with Crippen molar-refractivity contribution < 1.29 is 50.6 Å². The number of pyridine rings is 1. The smallest absolute Gasteiger partial charge is 0.293 e. The number of benzene rings is 4. The second kappa shape index (κ2) is 22.5. The van der Waals surface area contributed by atoms with Crippen molar-refractivity contribution in [2.24, 2.45) is 11.3 Å². The molecule has 1 amide bonds. The van der Waals surface area contributed by atoms with Gasteiger partial charge in [-0.2, -0.15) is 4.98 Å². The molecule has 5 fully saturated rings. The number of sulfonamides is 1. The van der Waals surface area contributed by atoms with Gasteiger partial charge in [0.05, 0.1) is 52.5 Å². The predicted octanol–water partition coefficient (Wildman–Crippen LogP) is 9.81. The molecule has 4 saturated heterocycles. The Kier molecular flexibility index (Phi) is 14.9. The van der Waals surface area contributed by atoms with Crippen molar-refractivity contribution in [3.63, 3.8) is 0 Å². The number of hydrogen-bond acceptors (Lipinski definition) is 16. The molecule has 7 aliphatic rings. The molecule has 1 spiro atoms. The number of para-hydroxylation sites is 1. The van der Waals surface area contributed by atoms with Crippen molar-refractivity contribution in [2.45, 2.75) is 106 Å². The molecule has 4 atom stereocenters. The van der Waals surface area contributed by atoms with Crippen LogP contribution in [-0.2, 0) is 19.5 Å². The number of ether oxygens (including phenoxy) is 5. The highest BCUT2D eigenvalue weighted by Crippen LogP contribution is 2.55. The third-order valence-corrected chi connectivity index (χ3v) is 19.6. The highest BCUT2D eigenvalue weighted by molar-refractivity contribution is 7.90. The molecule has 8 heterocycles. The lowest BCUT2D eigenvalue weighted by Gasteiger charge is -2.59. The number of piperidine rings is 1. The lowest BCUT2D eigenvalue weighted by Crippen LogP contribution is -2.60. The zero-order valence-corrected chi connectivity index (χ0v) is 47.4. The number of carbonyl (C=O) groups is 1. The number of carbonyl (C=O) groups excluding carboxylic acids is 1. The van der Waals surface area contributed by atoms with Crippen molar-refractivity contribution in [1.29, 1.82) is 0 Å². The Labute approximate surface area is 480 Å². The first-order chi connectivity index (χ1) is 40.2. The number of nitro groups is 1. The highest BCUT2D eigenvalue weighted by atomic mass is 32.2. The minimum absolute atomic E-state index is 0.0142. The van der Waals surface area contributed by atoms with Crippen molar-refractivity contribution in [2.75, 3.05) is 87.4 Å². The van der Waals surface area contributed by atoms with E-state index in [1.54, 1.807) is 12.3 Å². The number of nitro benzene ring substituents is 1. The van der Waals surface area contributed by atoms with E-state index in [4.69, 9.17) is 28.7 Å². The maximum atomic E-state index is 14.8. The third-order valence-electron chi connectivity index (χ3n) is 18.3. The maximum Gasteiger partial charge on any atom is 0.293 e. The van der Waals surface area contributed by atoms with Gasteiger partial charge in [-0.3, -0.25) is 24.7 Å². The molecule has 13 rings (SSSR count). The van der Waals surface area contributed by atoms with Gasteiger partial charge in [-0.25, -0.2) is 21.9 Å². The molecule has 4 aromatic carbocycles. The molecule has 2 aromatic heterocycles. The van der Waals surface area contributed by atoms with Crippen molar-refractivity contribution in [3.05, 3.63) is 130 Å². The number of amides is 1. The minimum Gasteiger partial charge on any atom is -0.493 e. The first-order valence-corrected chi connectivity index (χ1v) is 30.6. The number of rotatable bonds is 14. The number of piperazine rings is 1. The number of anilines is 4. The van der Waals surface area contributed by atoms with E-state index in [1.807, 2.05) is 50.2 Å². The summed E-state index contributed by atoms with van der Waals surface area (Å²) >= 11 is 0. The van der Waals surface area contributed by atoms with Gasteiger partial charge in [-0.1, -0.05) is 18.2 Å². The Balaban J connectivity index is 0.768. The molecule has 83 heavy (non-hydrogen) atoms. The third kappa shape index (κ3) is 10.8. The number of aromatic nitrogens is 2. The van der Waals surface area contributed by atoms with Gasteiger partial charge in [0.15, 0.2) is 11.6 Å². The molecular weight excluding hydrogens is 1090 g/mol. The van der Waals surface area contributed by atoms with Gasteiger partial charge in [0.25, 0.3) is 21.6 Å². The first-order valence-electron chi connectivity index (χ1n) is 29.1.